The number of anilines is 1. The molecular formula is C22H26ClN3O3+2. The van der Waals surface area contributed by atoms with Gasteiger partial charge in [-0.15, -0.1) is 0 Å². The number of amides is 2. The van der Waals surface area contributed by atoms with Gasteiger partial charge < -0.3 is 14.5 Å². The van der Waals surface area contributed by atoms with E-state index >= 15 is 0 Å². The number of carbonyl (C=O) groups is 2. The smallest absolute Gasteiger partial charge is 0.292 e. The van der Waals surface area contributed by atoms with Gasteiger partial charge in [0.15, 0.2) is 6.04 Å². The van der Waals surface area contributed by atoms with Crippen molar-refractivity contribution in [1.29, 1.82) is 0 Å². The lowest BCUT2D eigenvalue weighted by molar-refractivity contribution is -1.02. The molecule has 29 heavy (non-hydrogen) atoms. The highest BCUT2D eigenvalue weighted by molar-refractivity contribution is 6.31. The molecule has 4 rings (SSSR count). The van der Waals surface area contributed by atoms with Gasteiger partial charge in [-0.1, -0.05) is 29.8 Å². The van der Waals surface area contributed by atoms with Gasteiger partial charge in [-0.3, -0.25) is 9.59 Å². The third-order valence-corrected chi connectivity index (χ3v) is 6.34. The van der Waals surface area contributed by atoms with E-state index in [0.717, 1.165) is 43.3 Å². The van der Waals surface area contributed by atoms with Crippen LogP contribution in [0.3, 0.4) is 0 Å². The van der Waals surface area contributed by atoms with E-state index in [0.29, 0.717) is 11.4 Å². The van der Waals surface area contributed by atoms with Gasteiger partial charge in [-0.05, 0) is 30.3 Å². The third-order valence-electron chi connectivity index (χ3n) is 5.97. The summed E-state index contributed by atoms with van der Waals surface area (Å²) in [5, 5.41) is 0.807. The Balaban J connectivity index is 1.38. The van der Waals surface area contributed by atoms with Crippen LogP contribution in [0.25, 0.3) is 0 Å². The van der Waals surface area contributed by atoms with E-state index in [1.807, 2.05) is 18.2 Å². The van der Waals surface area contributed by atoms with Crippen molar-refractivity contribution < 1.29 is 24.1 Å². The molecule has 0 aromatic heterocycles. The highest BCUT2D eigenvalue weighted by atomic mass is 35.5. The number of rotatable bonds is 5. The number of hydrogen-bond acceptors (Lipinski definition) is 3. The van der Waals surface area contributed by atoms with Crippen molar-refractivity contribution in [3.8, 4) is 5.75 Å². The van der Waals surface area contributed by atoms with Crippen molar-refractivity contribution in [2.45, 2.75) is 19.0 Å². The molecule has 7 heteroatoms. The number of hydrogen-bond donors (Lipinski definition) is 2. The molecule has 0 radical (unpaired) electrons. The van der Waals surface area contributed by atoms with Crippen LogP contribution in [0.2, 0.25) is 5.02 Å². The van der Waals surface area contributed by atoms with E-state index in [2.05, 4.69) is 6.07 Å². The fourth-order valence-corrected chi connectivity index (χ4v) is 4.52. The number of piperazine rings is 1. The number of carbonyl (C=O) groups excluding carboxylic acids is 2. The van der Waals surface area contributed by atoms with Gasteiger partial charge in [0.1, 0.15) is 38.5 Å². The number of quaternary nitrogens is 2. The number of ether oxygens (including phenoxy) is 1. The zero-order chi connectivity index (χ0) is 20.4. The first-order chi connectivity index (χ1) is 14.1. The molecule has 2 aliphatic rings. The van der Waals surface area contributed by atoms with E-state index in [-0.39, 0.29) is 24.3 Å². The second-order valence-electron chi connectivity index (χ2n) is 7.70. The van der Waals surface area contributed by atoms with E-state index in [4.69, 9.17) is 16.3 Å². The molecule has 2 saturated heterocycles. The van der Waals surface area contributed by atoms with Crippen LogP contribution in [0, 0.1) is 0 Å². The molecule has 0 saturated carbocycles. The molecule has 2 N–H and O–H groups in total. The van der Waals surface area contributed by atoms with Crippen LogP contribution >= 0.6 is 11.6 Å². The Hall–Kier alpha value is -2.41. The SMILES string of the molecule is COc1ccc(N2C(=O)C[C@@H]([NH+]3CC[NH+](Cc4ccccc4Cl)CC3)C2=O)cc1. The quantitative estimate of drug-likeness (QED) is 0.674. The minimum absolute atomic E-state index is 0.0929. The number of nitrogens with one attached hydrogen (secondary N) is 2. The lowest BCUT2D eigenvalue weighted by atomic mass is 10.1. The topological polar surface area (TPSA) is 55.5 Å². The summed E-state index contributed by atoms with van der Waals surface area (Å²) in [5.41, 5.74) is 1.77. The van der Waals surface area contributed by atoms with E-state index in [1.165, 1.54) is 14.7 Å². The first-order valence-corrected chi connectivity index (χ1v) is 10.4. The Morgan fingerprint density at radius 1 is 1.03 bits per heavy atom. The molecule has 152 valence electrons. The molecule has 2 aliphatic heterocycles. The number of methoxy groups -OCH3 is 1. The maximum absolute atomic E-state index is 13.0. The van der Waals surface area contributed by atoms with E-state index in [9.17, 15) is 9.59 Å². The first-order valence-electron chi connectivity index (χ1n) is 9.99. The van der Waals surface area contributed by atoms with Gasteiger partial charge in [-0.25, -0.2) is 4.90 Å². The molecule has 2 heterocycles. The minimum atomic E-state index is -0.286. The second kappa shape index (κ2) is 8.53. The van der Waals surface area contributed by atoms with Crippen LogP contribution in [0.15, 0.2) is 48.5 Å². The van der Waals surface area contributed by atoms with Crippen LogP contribution in [-0.4, -0.2) is 51.1 Å². The number of benzene rings is 2. The molecule has 6 nitrogen and oxygen atoms in total. The summed E-state index contributed by atoms with van der Waals surface area (Å²) < 4.78 is 5.16. The molecule has 2 aromatic rings. The van der Waals surface area contributed by atoms with Gasteiger partial charge in [0, 0.05) is 10.6 Å². The molecule has 2 aromatic carbocycles. The van der Waals surface area contributed by atoms with Crippen molar-refractivity contribution in [1.82, 2.24) is 0 Å². The van der Waals surface area contributed by atoms with Gasteiger partial charge in [0.25, 0.3) is 5.91 Å². The zero-order valence-corrected chi connectivity index (χ0v) is 17.2. The third kappa shape index (κ3) is 4.15. The molecule has 2 amide bonds. The number of halogens is 1. The average Bonchev–Trinajstić information content (AvgIpc) is 3.04. The Kier molecular flexibility index (Phi) is 5.85. The second-order valence-corrected chi connectivity index (χ2v) is 8.11. The highest BCUT2D eigenvalue weighted by Gasteiger charge is 2.46. The fraction of sp³-hybridized carbons (Fsp3) is 0.364. The number of imide groups is 1. The fourth-order valence-electron chi connectivity index (χ4n) is 4.31. The van der Waals surface area contributed by atoms with E-state index < -0.39 is 0 Å². The number of nitrogens with zero attached hydrogens (tertiary/aromatic N) is 1. The van der Waals surface area contributed by atoms with Gasteiger partial charge >= 0.3 is 0 Å². The van der Waals surface area contributed by atoms with Crippen molar-refractivity contribution >= 4 is 29.1 Å². The summed E-state index contributed by atoms with van der Waals surface area (Å²) in [4.78, 5) is 29.6. The van der Waals surface area contributed by atoms with Gasteiger partial charge in [0.05, 0.1) is 19.2 Å². The Morgan fingerprint density at radius 2 is 1.72 bits per heavy atom. The lowest BCUT2D eigenvalue weighted by Crippen LogP contribution is -3.29. The van der Waals surface area contributed by atoms with Crippen LogP contribution in [0.4, 0.5) is 5.69 Å². The highest BCUT2D eigenvalue weighted by Crippen LogP contribution is 2.24. The Morgan fingerprint density at radius 3 is 2.38 bits per heavy atom. The average molecular weight is 416 g/mol. The minimum Gasteiger partial charge on any atom is -0.497 e. The summed E-state index contributed by atoms with van der Waals surface area (Å²) in [5.74, 6) is 0.487. The molecule has 0 bridgehead atoms. The molecule has 1 atom stereocenters. The van der Waals surface area contributed by atoms with Crippen LogP contribution < -0.4 is 19.4 Å². The van der Waals surface area contributed by atoms with Crippen molar-refractivity contribution in [2.24, 2.45) is 0 Å². The Labute approximate surface area is 175 Å². The van der Waals surface area contributed by atoms with Crippen LogP contribution in [-0.2, 0) is 16.1 Å². The van der Waals surface area contributed by atoms with Crippen LogP contribution in [0.1, 0.15) is 12.0 Å². The maximum atomic E-state index is 13.0. The Bertz CT molecular complexity index is 894. The summed E-state index contributed by atoms with van der Waals surface area (Å²) >= 11 is 6.29. The summed E-state index contributed by atoms with van der Waals surface area (Å²) in [6.45, 7) is 4.56. The van der Waals surface area contributed by atoms with Crippen molar-refractivity contribution in [3.63, 3.8) is 0 Å². The molecule has 0 unspecified atom stereocenters. The molecule has 0 aliphatic carbocycles. The summed E-state index contributed by atoms with van der Waals surface area (Å²) in [6.07, 6.45) is 0.278. The lowest BCUT2D eigenvalue weighted by Gasteiger charge is -2.32. The zero-order valence-electron chi connectivity index (χ0n) is 16.5. The monoisotopic (exact) mass is 415 g/mol. The normalized spacial score (nSPS) is 24.8. The van der Waals surface area contributed by atoms with E-state index in [1.54, 1.807) is 31.4 Å². The maximum Gasteiger partial charge on any atom is 0.292 e. The first kappa shape index (κ1) is 19.9. The molecule has 2 fully saturated rings. The summed E-state index contributed by atoms with van der Waals surface area (Å²) in [6, 6.07) is 14.7. The van der Waals surface area contributed by atoms with Gasteiger partial charge in [0.2, 0.25) is 5.91 Å². The predicted molar refractivity (Wildman–Crippen MR) is 110 cm³/mol. The largest absolute Gasteiger partial charge is 0.497 e. The van der Waals surface area contributed by atoms with Crippen molar-refractivity contribution in [2.75, 3.05) is 38.2 Å². The standard InChI is InChI=1S/C22H24ClN3O3/c1-29-18-8-6-17(7-9-18)26-21(27)14-20(22(26)28)25-12-10-24(11-13-25)15-16-4-2-3-5-19(16)23/h2-9,20H,10-15H2,1H3/p+2/t20-/m1/s1. The molecular weight excluding hydrogens is 390 g/mol. The van der Waals surface area contributed by atoms with Crippen LogP contribution in [0.5, 0.6) is 5.75 Å². The van der Waals surface area contributed by atoms with Gasteiger partial charge in [-0.2, -0.15) is 0 Å². The van der Waals surface area contributed by atoms with Crippen molar-refractivity contribution in [3.05, 3.63) is 59.1 Å². The molecule has 0 spiro atoms. The predicted octanol–water partition coefficient (Wildman–Crippen LogP) is -0.0359. The summed E-state index contributed by atoms with van der Waals surface area (Å²) in [7, 11) is 1.59.